The van der Waals surface area contributed by atoms with Crippen LogP contribution in [0.5, 0.6) is 5.75 Å². The van der Waals surface area contributed by atoms with E-state index in [1.807, 2.05) is 0 Å². The van der Waals surface area contributed by atoms with Gasteiger partial charge in [0.05, 0.1) is 13.0 Å². The van der Waals surface area contributed by atoms with Crippen LogP contribution in [0.4, 0.5) is 0 Å². The summed E-state index contributed by atoms with van der Waals surface area (Å²) >= 11 is 7.54. The van der Waals surface area contributed by atoms with E-state index in [1.165, 1.54) is 6.07 Å². The number of ether oxygens (including phenoxy) is 1. The highest BCUT2D eigenvalue weighted by Gasteiger charge is 2.31. The van der Waals surface area contributed by atoms with Gasteiger partial charge in [-0.05, 0) is 25.1 Å². The number of carbonyl (C=O) groups is 2. The van der Waals surface area contributed by atoms with Gasteiger partial charge in [0, 0.05) is 29.3 Å². The number of amides is 1. The Balaban J connectivity index is 2.17. The van der Waals surface area contributed by atoms with Crippen molar-refractivity contribution in [2.24, 2.45) is 0 Å². The Morgan fingerprint density at radius 3 is 3.05 bits per heavy atom. The summed E-state index contributed by atoms with van der Waals surface area (Å²) in [7, 11) is 0. The summed E-state index contributed by atoms with van der Waals surface area (Å²) in [6.45, 7) is 2.33. The molecule has 1 aliphatic rings. The van der Waals surface area contributed by atoms with Gasteiger partial charge in [-0.3, -0.25) is 9.59 Å². The Kier molecular flexibility index (Phi) is 5.97. The molecule has 0 aliphatic carbocycles. The lowest BCUT2D eigenvalue weighted by molar-refractivity contribution is -0.144. The van der Waals surface area contributed by atoms with Crippen molar-refractivity contribution in [3.63, 3.8) is 0 Å². The van der Waals surface area contributed by atoms with E-state index < -0.39 is 0 Å². The van der Waals surface area contributed by atoms with Crippen molar-refractivity contribution in [2.45, 2.75) is 25.1 Å². The zero-order chi connectivity index (χ0) is 16.1. The largest absolute Gasteiger partial charge is 0.508 e. The maximum atomic E-state index is 12.2. The molecule has 1 atom stereocenters. The Bertz CT molecular complexity index is 566. The van der Waals surface area contributed by atoms with Crippen LogP contribution in [0.15, 0.2) is 18.2 Å². The van der Waals surface area contributed by atoms with Crippen molar-refractivity contribution >= 4 is 35.2 Å². The summed E-state index contributed by atoms with van der Waals surface area (Å²) in [6.07, 6.45) is 0.559. The number of rotatable bonds is 5. The number of halogens is 1. The third-order valence-electron chi connectivity index (χ3n) is 3.31. The number of esters is 1. The monoisotopic (exact) mass is 343 g/mol. The van der Waals surface area contributed by atoms with Crippen LogP contribution in [0.1, 0.15) is 30.7 Å². The lowest BCUT2D eigenvalue weighted by Gasteiger charge is -2.35. The number of nitrogens with zero attached hydrogens (tertiary/aromatic N) is 1. The van der Waals surface area contributed by atoms with E-state index in [9.17, 15) is 14.7 Å². The zero-order valence-electron chi connectivity index (χ0n) is 12.3. The molecule has 1 aromatic carbocycles. The molecular formula is C15H18ClNO4S. The lowest BCUT2D eigenvalue weighted by atomic mass is 10.1. The van der Waals surface area contributed by atoms with Crippen LogP contribution in [-0.4, -0.2) is 40.8 Å². The quantitative estimate of drug-likeness (QED) is 0.832. The second-order valence-corrected chi connectivity index (χ2v) is 6.44. The number of hydrogen-bond acceptors (Lipinski definition) is 5. The fourth-order valence-corrected chi connectivity index (χ4v) is 3.76. The van der Waals surface area contributed by atoms with Crippen LogP contribution in [0.25, 0.3) is 0 Å². The summed E-state index contributed by atoms with van der Waals surface area (Å²) in [5, 5.41) is 10.2. The third kappa shape index (κ3) is 4.08. The number of thioether (sulfide) groups is 1. The van der Waals surface area contributed by atoms with Gasteiger partial charge in [-0.15, -0.1) is 11.8 Å². The Morgan fingerprint density at radius 1 is 1.55 bits per heavy atom. The molecule has 1 saturated heterocycles. The third-order valence-corrected chi connectivity index (χ3v) is 4.81. The van der Waals surface area contributed by atoms with Crippen LogP contribution < -0.4 is 0 Å². The smallest absolute Gasteiger partial charge is 0.307 e. The number of aromatic hydroxyl groups is 1. The van der Waals surface area contributed by atoms with Crippen LogP contribution in [0, 0.1) is 0 Å². The van der Waals surface area contributed by atoms with E-state index in [-0.39, 0.29) is 36.0 Å². The SMILES string of the molecule is CCOC(=O)CCN1C(=O)CCSC1c1cc(Cl)ccc1O. The normalized spacial score (nSPS) is 18.4. The van der Waals surface area contributed by atoms with Gasteiger partial charge in [-0.2, -0.15) is 0 Å². The molecule has 0 bridgehead atoms. The topological polar surface area (TPSA) is 66.8 Å². The maximum absolute atomic E-state index is 12.2. The van der Waals surface area contributed by atoms with Gasteiger partial charge < -0.3 is 14.7 Å². The summed E-state index contributed by atoms with van der Waals surface area (Å²) in [4.78, 5) is 25.3. The first-order chi connectivity index (χ1) is 10.5. The van der Waals surface area contributed by atoms with Crippen molar-refractivity contribution in [3.05, 3.63) is 28.8 Å². The number of hydrogen-bond donors (Lipinski definition) is 1. The lowest BCUT2D eigenvalue weighted by Crippen LogP contribution is -2.38. The van der Waals surface area contributed by atoms with Gasteiger partial charge in [0.25, 0.3) is 0 Å². The van der Waals surface area contributed by atoms with Crippen LogP contribution >= 0.6 is 23.4 Å². The Hall–Kier alpha value is -1.40. The van der Waals surface area contributed by atoms with Gasteiger partial charge in [0.15, 0.2) is 0 Å². The molecule has 0 saturated carbocycles. The molecule has 1 N–H and O–H groups in total. The molecule has 2 rings (SSSR count). The predicted octanol–water partition coefficient (Wildman–Crippen LogP) is 2.96. The van der Waals surface area contributed by atoms with Crippen molar-refractivity contribution < 1.29 is 19.4 Å². The highest BCUT2D eigenvalue weighted by Crippen LogP contribution is 2.41. The zero-order valence-corrected chi connectivity index (χ0v) is 13.8. The first kappa shape index (κ1) is 17.0. The molecule has 22 heavy (non-hydrogen) atoms. The number of carbonyl (C=O) groups excluding carboxylic acids is 2. The molecular weight excluding hydrogens is 326 g/mol. The first-order valence-corrected chi connectivity index (χ1v) is 8.50. The van der Waals surface area contributed by atoms with Crippen molar-refractivity contribution in [3.8, 4) is 5.75 Å². The summed E-state index contributed by atoms with van der Waals surface area (Å²) in [5.74, 6) is 0.399. The van der Waals surface area contributed by atoms with E-state index in [4.69, 9.17) is 16.3 Å². The predicted molar refractivity (Wildman–Crippen MR) is 85.9 cm³/mol. The van der Waals surface area contributed by atoms with Crippen molar-refractivity contribution in [1.29, 1.82) is 0 Å². The number of benzene rings is 1. The average molecular weight is 344 g/mol. The molecule has 0 aromatic heterocycles. The molecule has 0 radical (unpaired) electrons. The molecule has 1 amide bonds. The van der Waals surface area contributed by atoms with Gasteiger partial charge >= 0.3 is 5.97 Å². The minimum absolute atomic E-state index is 0.0348. The summed E-state index contributed by atoms with van der Waals surface area (Å²) in [6, 6.07) is 4.77. The molecule has 1 heterocycles. The highest BCUT2D eigenvalue weighted by atomic mass is 35.5. The molecule has 120 valence electrons. The van der Waals surface area contributed by atoms with Crippen LogP contribution in [0.2, 0.25) is 5.02 Å². The van der Waals surface area contributed by atoms with Crippen LogP contribution in [0.3, 0.4) is 0 Å². The molecule has 0 spiro atoms. The minimum atomic E-state index is -0.339. The first-order valence-electron chi connectivity index (χ1n) is 7.08. The summed E-state index contributed by atoms with van der Waals surface area (Å²) < 4.78 is 4.90. The Morgan fingerprint density at radius 2 is 2.32 bits per heavy atom. The maximum Gasteiger partial charge on any atom is 0.307 e. The van der Waals surface area contributed by atoms with E-state index in [0.717, 1.165) is 0 Å². The highest BCUT2D eigenvalue weighted by molar-refractivity contribution is 7.99. The van der Waals surface area contributed by atoms with E-state index in [2.05, 4.69) is 0 Å². The fraction of sp³-hybridized carbons (Fsp3) is 0.467. The second-order valence-electron chi connectivity index (χ2n) is 4.82. The second kappa shape index (κ2) is 7.74. The fourth-order valence-electron chi connectivity index (χ4n) is 2.29. The van der Waals surface area contributed by atoms with E-state index >= 15 is 0 Å². The van der Waals surface area contributed by atoms with E-state index in [1.54, 1.807) is 35.7 Å². The standard InChI is InChI=1S/C15H18ClNO4S/c1-2-21-14(20)5-7-17-13(19)6-8-22-15(17)11-9-10(16)3-4-12(11)18/h3-4,9,15,18H,2,5-8H2,1H3. The van der Waals surface area contributed by atoms with E-state index in [0.29, 0.717) is 29.4 Å². The van der Waals surface area contributed by atoms with Gasteiger partial charge in [0.2, 0.25) is 5.91 Å². The molecule has 7 heteroatoms. The molecule has 1 fully saturated rings. The van der Waals surface area contributed by atoms with Gasteiger partial charge in [0.1, 0.15) is 11.1 Å². The average Bonchev–Trinajstić information content (AvgIpc) is 2.48. The number of phenolic OH excluding ortho intramolecular Hbond substituents is 1. The van der Waals surface area contributed by atoms with Crippen LogP contribution in [-0.2, 0) is 14.3 Å². The molecule has 1 unspecified atom stereocenters. The molecule has 5 nitrogen and oxygen atoms in total. The minimum Gasteiger partial charge on any atom is -0.508 e. The van der Waals surface area contributed by atoms with Crippen molar-refractivity contribution in [2.75, 3.05) is 18.9 Å². The Labute approximate surface area is 138 Å². The van der Waals surface area contributed by atoms with Crippen molar-refractivity contribution in [1.82, 2.24) is 4.90 Å². The summed E-state index contributed by atoms with van der Waals surface area (Å²) in [5.41, 5.74) is 0.592. The van der Waals surface area contributed by atoms with Gasteiger partial charge in [-0.1, -0.05) is 11.6 Å². The number of phenols is 1. The van der Waals surface area contributed by atoms with Gasteiger partial charge in [-0.25, -0.2) is 0 Å². The molecule has 1 aliphatic heterocycles. The molecule has 1 aromatic rings.